The van der Waals surface area contributed by atoms with Gasteiger partial charge in [0, 0.05) is 17.0 Å². The van der Waals surface area contributed by atoms with Gasteiger partial charge in [-0.05, 0) is 48.2 Å². The number of amides is 1. The zero-order valence-electron chi connectivity index (χ0n) is 13.0. The van der Waals surface area contributed by atoms with Gasteiger partial charge in [0.2, 0.25) is 0 Å². The lowest BCUT2D eigenvalue weighted by atomic mass is 10.2. The zero-order valence-corrected chi connectivity index (χ0v) is 15.5. The average Bonchev–Trinajstić information content (AvgIpc) is 2.89. The van der Waals surface area contributed by atoms with Crippen LogP contribution < -0.4 is 4.90 Å². The molecule has 126 valence electrons. The Bertz CT molecular complexity index is 894. The van der Waals surface area contributed by atoms with Crippen LogP contribution >= 0.6 is 35.7 Å². The van der Waals surface area contributed by atoms with E-state index in [0.717, 1.165) is 10.6 Å². The standard InChI is InChI=1S/C17H12N2O3S3/c1-24-14-4-2-3-13(10-14)18-16(20)15(25-17(18)23)9-11-5-7-12(8-6-11)19(21)22/h2-10H,1H3/b15-9+. The maximum Gasteiger partial charge on any atom is 0.270 e. The van der Waals surface area contributed by atoms with E-state index in [1.807, 2.05) is 30.5 Å². The van der Waals surface area contributed by atoms with Crippen molar-refractivity contribution in [3.63, 3.8) is 0 Å². The molecule has 0 atom stereocenters. The van der Waals surface area contributed by atoms with Gasteiger partial charge >= 0.3 is 0 Å². The van der Waals surface area contributed by atoms with Gasteiger partial charge in [0.25, 0.3) is 11.6 Å². The Hall–Kier alpha value is -2.16. The van der Waals surface area contributed by atoms with Crippen LogP contribution in [0.25, 0.3) is 6.08 Å². The Morgan fingerprint density at radius 1 is 1.24 bits per heavy atom. The van der Waals surface area contributed by atoms with Gasteiger partial charge in [0.1, 0.15) is 0 Å². The van der Waals surface area contributed by atoms with Gasteiger partial charge in [-0.15, -0.1) is 11.8 Å². The van der Waals surface area contributed by atoms with Crippen LogP contribution in [-0.4, -0.2) is 21.4 Å². The third kappa shape index (κ3) is 3.76. The molecule has 3 rings (SSSR count). The Morgan fingerprint density at radius 2 is 1.96 bits per heavy atom. The second kappa shape index (κ2) is 7.38. The first-order valence-electron chi connectivity index (χ1n) is 7.16. The van der Waals surface area contributed by atoms with Gasteiger partial charge in [0.05, 0.1) is 15.5 Å². The smallest absolute Gasteiger partial charge is 0.268 e. The van der Waals surface area contributed by atoms with Crippen molar-refractivity contribution in [3.05, 3.63) is 69.1 Å². The van der Waals surface area contributed by atoms with Crippen LogP contribution in [0, 0.1) is 10.1 Å². The second-order valence-corrected chi connectivity index (χ2v) is 7.62. The lowest BCUT2D eigenvalue weighted by Gasteiger charge is -2.15. The van der Waals surface area contributed by atoms with Crippen LogP contribution in [0.5, 0.6) is 0 Å². The van der Waals surface area contributed by atoms with Crippen molar-refractivity contribution >= 4 is 63.4 Å². The first kappa shape index (κ1) is 17.7. The van der Waals surface area contributed by atoms with Gasteiger partial charge in [-0.1, -0.05) is 30.0 Å². The number of carbonyl (C=O) groups is 1. The zero-order chi connectivity index (χ0) is 18.0. The highest BCUT2D eigenvalue weighted by molar-refractivity contribution is 8.27. The third-order valence-corrected chi connectivity index (χ3v) is 5.53. The van der Waals surface area contributed by atoms with Crippen molar-refractivity contribution in [2.45, 2.75) is 4.90 Å². The molecule has 5 nitrogen and oxygen atoms in total. The topological polar surface area (TPSA) is 63.5 Å². The predicted octanol–water partition coefficient (Wildman–Crippen LogP) is 4.72. The Kier molecular flexibility index (Phi) is 5.22. The quantitative estimate of drug-likeness (QED) is 0.248. The Labute approximate surface area is 158 Å². The number of nitro groups is 1. The Balaban J connectivity index is 1.88. The fourth-order valence-electron chi connectivity index (χ4n) is 2.28. The molecule has 0 saturated carbocycles. The van der Waals surface area contributed by atoms with Gasteiger partial charge in [-0.3, -0.25) is 19.8 Å². The minimum atomic E-state index is -0.456. The van der Waals surface area contributed by atoms with E-state index in [1.54, 1.807) is 30.0 Å². The van der Waals surface area contributed by atoms with Gasteiger partial charge in [0.15, 0.2) is 4.32 Å². The van der Waals surface area contributed by atoms with E-state index in [9.17, 15) is 14.9 Å². The summed E-state index contributed by atoms with van der Waals surface area (Å²) < 4.78 is 0.469. The molecular weight excluding hydrogens is 376 g/mol. The third-order valence-electron chi connectivity index (χ3n) is 3.51. The molecule has 2 aromatic rings. The largest absolute Gasteiger partial charge is 0.270 e. The number of carbonyl (C=O) groups excluding carboxylic acids is 1. The molecule has 0 aliphatic carbocycles. The van der Waals surface area contributed by atoms with Crippen molar-refractivity contribution in [1.82, 2.24) is 0 Å². The predicted molar refractivity (Wildman–Crippen MR) is 107 cm³/mol. The van der Waals surface area contributed by atoms with E-state index in [-0.39, 0.29) is 11.6 Å². The minimum Gasteiger partial charge on any atom is -0.268 e. The maximum atomic E-state index is 12.7. The second-order valence-electron chi connectivity index (χ2n) is 5.07. The number of nitrogens with zero attached hydrogens (tertiary/aromatic N) is 2. The summed E-state index contributed by atoms with van der Waals surface area (Å²) in [5.74, 6) is -0.188. The Morgan fingerprint density at radius 3 is 2.60 bits per heavy atom. The van der Waals surface area contributed by atoms with E-state index in [4.69, 9.17) is 12.2 Å². The number of hydrogen-bond donors (Lipinski definition) is 0. The fraction of sp³-hybridized carbons (Fsp3) is 0.0588. The fourth-order valence-corrected chi connectivity index (χ4v) is 4.04. The van der Waals surface area contributed by atoms with Crippen LogP contribution in [0.4, 0.5) is 11.4 Å². The summed E-state index contributed by atoms with van der Waals surface area (Å²) >= 11 is 8.18. The first-order chi connectivity index (χ1) is 12.0. The lowest BCUT2D eigenvalue weighted by Crippen LogP contribution is -2.27. The molecule has 0 aromatic heterocycles. The van der Waals surface area contributed by atoms with Gasteiger partial charge < -0.3 is 0 Å². The summed E-state index contributed by atoms with van der Waals surface area (Å²) in [7, 11) is 0. The molecule has 0 N–H and O–H groups in total. The molecule has 1 fully saturated rings. The summed E-state index contributed by atoms with van der Waals surface area (Å²) in [6.45, 7) is 0. The summed E-state index contributed by atoms with van der Waals surface area (Å²) in [6, 6.07) is 13.7. The molecule has 0 spiro atoms. The number of hydrogen-bond acceptors (Lipinski definition) is 6. The molecule has 1 heterocycles. The minimum absolute atomic E-state index is 0.0126. The van der Waals surface area contributed by atoms with Crippen molar-refractivity contribution in [2.24, 2.45) is 0 Å². The molecule has 25 heavy (non-hydrogen) atoms. The van der Waals surface area contributed by atoms with Gasteiger partial charge in [-0.2, -0.15) is 0 Å². The molecule has 8 heteroatoms. The van der Waals surface area contributed by atoms with E-state index in [1.165, 1.54) is 28.8 Å². The number of thioether (sulfide) groups is 2. The summed E-state index contributed by atoms with van der Waals surface area (Å²) in [5, 5.41) is 10.7. The highest BCUT2D eigenvalue weighted by Gasteiger charge is 2.33. The first-order valence-corrected chi connectivity index (χ1v) is 9.61. The molecule has 1 aliphatic rings. The molecule has 1 amide bonds. The molecule has 0 radical (unpaired) electrons. The monoisotopic (exact) mass is 388 g/mol. The van der Waals surface area contributed by atoms with Gasteiger partial charge in [-0.25, -0.2) is 0 Å². The normalized spacial score (nSPS) is 15.9. The van der Waals surface area contributed by atoms with E-state index >= 15 is 0 Å². The van der Waals surface area contributed by atoms with Crippen molar-refractivity contribution in [2.75, 3.05) is 11.2 Å². The molecular formula is C17H12N2O3S3. The molecule has 1 aliphatic heterocycles. The number of thiocarbonyl (C=S) groups is 1. The lowest BCUT2D eigenvalue weighted by molar-refractivity contribution is -0.384. The number of anilines is 1. The van der Waals surface area contributed by atoms with Crippen molar-refractivity contribution < 1.29 is 9.72 Å². The molecule has 0 unspecified atom stereocenters. The SMILES string of the molecule is CSc1cccc(N2C(=O)/C(=C\c3ccc([N+](=O)[O-])cc3)SC2=S)c1. The maximum absolute atomic E-state index is 12.7. The molecule has 2 aromatic carbocycles. The molecule has 0 bridgehead atoms. The van der Waals surface area contributed by atoms with Crippen LogP contribution in [0.2, 0.25) is 0 Å². The number of rotatable bonds is 4. The van der Waals surface area contributed by atoms with Crippen LogP contribution in [0.1, 0.15) is 5.56 Å². The van der Waals surface area contributed by atoms with E-state index in [0.29, 0.717) is 14.8 Å². The summed E-state index contributed by atoms with van der Waals surface area (Å²) in [4.78, 5) is 26.0. The number of benzene rings is 2. The van der Waals surface area contributed by atoms with Crippen LogP contribution in [-0.2, 0) is 4.79 Å². The molecule has 1 saturated heterocycles. The van der Waals surface area contributed by atoms with E-state index in [2.05, 4.69) is 0 Å². The van der Waals surface area contributed by atoms with E-state index < -0.39 is 4.92 Å². The summed E-state index contributed by atoms with van der Waals surface area (Å²) in [5.41, 5.74) is 1.46. The number of non-ortho nitro benzene ring substituents is 1. The highest BCUT2D eigenvalue weighted by atomic mass is 32.2. The van der Waals surface area contributed by atoms with Crippen molar-refractivity contribution in [3.8, 4) is 0 Å². The van der Waals surface area contributed by atoms with Crippen molar-refractivity contribution in [1.29, 1.82) is 0 Å². The summed E-state index contributed by atoms with van der Waals surface area (Å²) in [6.07, 6.45) is 3.67. The van der Waals surface area contributed by atoms with Crippen LogP contribution in [0.15, 0.2) is 58.3 Å². The average molecular weight is 388 g/mol. The van der Waals surface area contributed by atoms with Crippen LogP contribution in [0.3, 0.4) is 0 Å². The highest BCUT2D eigenvalue weighted by Crippen LogP contribution is 2.37. The number of nitro benzene ring substituents is 1.